The Morgan fingerprint density at radius 2 is 1.97 bits per heavy atom. The van der Waals surface area contributed by atoms with Crippen LogP contribution in [0.2, 0.25) is 0 Å². The fourth-order valence-corrected chi connectivity index (χ4v) is 3.77. The number of nitrogen functional groups attached to an aromatic ring is 1. The molecule has 0 unspecified atom stereocenters. The number of amides is 1. The number of carbonyl (C=O) groups excluding carboxylic acids is 2. The van der Waals surface area contributed by atoms with Gasteiger partial charge >= 0.3 is 5.97 Å². The van der Waals surface area contributed by atoms with E-state index in [1.165, 1.54) is 13.2 Å². The molecule has 2 aromatic rings. The number of rotatable bonds is 10. The summed E-state index contributed by atoms with van der Waals surface area (Å²) in [7, 11) is 1.29. The number of hydrogen-bond donors (Lipinski definition) is 2. The number of methoxy groups -OCH3 is 1. The Balaban J connectivity index is 2.06. The zero-order valence-electron chi connectivity index (χ0n) is 17.5. The zero-order chi connectivity index (χ0) is 22.1. The molecular formula is C21H28N4O4S. The van der Waals surface area contributed by atoms with Gasteiger partial charge in [0.1, 0.15) is 11.9 Å². The fourth-order valence-electron chi connectivity index (χ4n) is 2.92. The monoisotopic (exact) mass is 432 g/mol. The molecule has 2 rings (SSSR count). The zero-order valence-corrected chi connectivity index (χ0v) is 18.3. The number of hydrogen-bond acceptors (Lipinski definition) is 7. The van der Waals surface area contributed by atoms with Crippen molar-refractivity contribution in [1.82, 2.24) is 14.9 Å². The molecular weight excluding hydrogens is 404 g/mol. The first-order chi connectivity index (χ1) is 14.3. The summed E-state index contributed by atoms with van der Waals surface area (Å²) in [5.41, 5.74) is 6.70. The molecule has 1 heterocycles. The van der Waals surface area contributed by atoms with Crippen molar-refractivity contribution in [3.8, 4) is 0 Å². The minimum atomic E-state index is -0.711. The lowest BCUT2D eigenvalue weighted by molar-refractivity contribution is -0.145. The average molecular weight is 433 g/mol. The number of nitrogens with zero attached hydrogens (tertiary/aromatic N) is 2. The first-order valence-electron chi connectivity index (χ1n) is 9.71. The second-order valence-electron chi connectivity index (χ2n) is 7.25. The maximum atomic E-state index is 12.4. The summed E-state index contributed by atoms with van der Waals surface area (Å²) < 4.78 is 6.49. The van der Waals surface area contributed by atoms with Gasteiger partial charge in [0.05, 0.1) is 12.9 Å². The van der Waals surface area contributed by atoms with Crippen LogP contribution in [0.5, 0.6) is 0 Å². The van der Waals surface area contributed by atoms with Gasteiger partial charge in [-0.1, -0.05) is 55.9 Å². The molecule has 0 fully saturated rings. The van der Waals surface area contributed by atoms with E-state index in [0.717, 1.165) is 17.3 Å². The van der Waals surface area contributed by atoms with E-state index in [1.807, 2.05) is 44.2 Å². The second kappa shape index (κ2) is 11.4. The molecule has 3 N–H and O–H groups in total. The number of aryl methyl sites for hydroxylation is 1. The second-order valence-corrected chi connectivity index (χ2v) is 8.19. The number of anilines is 1. The molecule has 8 nitrogen and oxygen atoms in total. The Bertz CT molecular complexity index is 915. The number of aromatic nitrogens is 2. The van der Waals surface area contributed by atoms with Crippen LogP contribution in [0.15, 0.2) is 46.3 Å². The van der Waals surface area contributed by atoms with E-state index in [9.17, 15) is 14.4 Å². The Hall–Kier alpha value is -2.81. The van der Waals surface area contributed by atoms with Gasteiger partial charge in [0.15, 0.2) is 5.16 Å². The predicted octanol–water partition coefficient (Wildman–Crippen LogP) is 1.86. The van der Waals surface area contributed by atoms with Gasteiger partial charge in [0.2, 0.25) is 5.91 Å². The van der Waals surface area contributed by atoms with Gasteiger partial charge in [0.25, 0.3) is 5.56 Å². The highest BCUT2D eigenvalue weighted by Gasteiger charge is 2.23. The van der Waals surface area contributed by atoms with Crippen LogP contribution in [0.1, 0.15) is 25.8 Å². The Morgan fingerprint density at radius 1 is 1.27 bits per heavy atom. The highest BCUT2D eigenvalue weighted by Crippen LogP contribution is 2.18. The van der Waals surface area contributed by atoms with E-state index in [-0.39, 0.29) is 17.6 Å². The highest BCUT2D eigenvalue weighted by molar-refractivity contribution is 7.99. The molecule has 1 aromatic carbocycles. The minimum Gasteiger partial charge on any atom is -0.467 e. The van der Waals surface area contributed by atoms with Crippen LogP contribution >= 0.6 is 11.8 Å². The summed E-state index contributed by atoms with van der Waals surface area (Å²) in [5, 5.41) is 3.06. The molecule has 1 atom stereocenters. The van der Waals surface area contributed by atoms with Crippen molar-refractivity contribution in [3.63, 3.8) is 0 Å². The summed E-state index contributed by atoms with van der Waals surface area (Å²) in [5.74, 6) is -0.333. The third kappa shape index (κ3) is 7.22. The van der Waals surface area contributed by atoms with Crippen molar-refractivity contribution in [2.24, 2.45) is 5.92 Å². The van der Waals surface area contributed by atoms with Crippen molar-refractivity contribution >= 4 is 29.5 Å². The molecule has 0 saturated carbocycles. The topological polar surface area (TPSA) is 116 Å². The maximum absolute atomic E-state index is 12.4. The van der Waals surface area contributed by atoms with E-state index >= 15 is 0 Å². The molecule has 1 aromatic heterocycles. The summed E-state index contributed by atoms with van der Waals surface area (Å²) in [4.78, 5) is 40.2. The molecule has 0 aliphatic carbocycles. The normalized spacial score (nSPS) is 11.9. The molecule has 0 aliphatic rings. The van der Waals surface area contributed by atoms with Crippen LogP contribution < -0.4 is 16.6 Å². The third-order valence-corrected chi connectivity index (χ3v) is 5.32. The van der Waals surface area contributed by atoms with Gasteiger partial charge in [0, 0.05) is 12.6 Å². The number of ether oxygens (including phenoxy) is 1. The Labute approximate surface area is 180 Å². The van der Waals surface area contributed by atoms with Crippen molar-refractivity contribution < 1.29 is 14.3 Å². The smallest absolute Gasteiger partial charge is 0.328 e. The fraction of sp³-hybridized carbons (Fsp3) is 0.429. The third-order valence-electron chi connectivity index (χ3n) is 4.35. The van der Waals surface area contributed by atoms with Crippen LogP contribution in [-0.4, -0.2) is 40.3 Å². The van der Waals surface area contributed by atoms with Gasteiger partial charge in [-0.15, -0.1) is 0 Å². The quantitative estimate of drug-likeness (QED) is 0.334. The molecule has 162 valence electrons. The summed E-state index contributed by atoms with van der Waals surface area (Å²) in [6.07, 6.45) is 1.18. The van der Waals surface area contributed by atoms with Crippen molar-refractivity contribution in [2.75, 3.05) is 18.6 Å². The first-order valence-corrected chi connectivity index (χ1v) is 10.7. The average Bonchev–Trinajstić information content (AvgIpc) is 2.70. The first kappa shape index (κ1) is 23.5. The van der Waals surface area contributed by atoms with E-state index in [0.29, 0.717) is 30.4 Å². The SMILES string of the molecule is COC(=O)[C@@H](CC(C)C)NC(=O)CSc1nc(=O)cc(N)n1CCc1ccccc1. The molecule has 30 heavy (non-hydrogen) atoms. The van der Waals surface area contributed by atoms with Crippen molar-refractivity contribution in [1.29, 1.82) is 0 Å². The maximum Gasteiger partial charge on any atom is 0.328 e. The van der Waals surface area contributed by atoms with Gasteiger partial charge in [-0.25, -0.2) is 4.79 Å². The lowest BCUT2D eigenvalue weighted by Gasteiger charge is -2.18. The van der Waals surface area contributed by atoms with Crippen LogP contribution in [0.4, 0.5) is 5.82 Å². The van der Waals surface area contributed by atoms with Crippen molar-refractivity contribution in [3.05, 3.63) is 52.3 Å². The number of carbonyl (C=O) groups is 2. The molecule has 9 heteroatoms. The number of benzene rings is 1. The summed E-state index contributed by atoms with van der Waals surface area (Å²) in [6, 6.07) is 10.4. The van der Waals surface area contributed by atoms with E-state index in [1.54, 1.807) is 4.57 Å². The van der Waals surface area contributed by atoms with E-state index in [4.69, 9.17) is 10.5 Å². The van der Waals surface area contributed by atoms with Crippen LogP contribution in [0, 0.1) is 5.92 Å². The number of esters is 1. The summed E-state index contributed by atoms with van der Waals surface area (Å²) in [6.45, 7) is 4.43. The van der Waals surface area contributed by atoms with Crippen LogP contribution in [0.25, 0.3) is 0 Å². The van der Waals surface area contributed by atoms with E-state index < -0.39 is 17.6 Å². The van der Waals surface area contributed by atoms with Gasteiger partial charge in [-0.05, 0) is 24.3 Å². The molecule has 0 radical (unpaired) electrons. The lowest BCUT2D eigenvalue weighted by Crippen LogP contribution is -2.43. The van der Waals surface area contributed by atoms with Crippen LogP contribution in [-0.2, 0) is 27.3 Å². The largest absolute Gasteiger partial charge is 0.467 e. The molecule has 1 amide bonds. The van der Waals surface area contributed by atoms with Gasteiger partial charge in [-0.2, -0.15) is 4.98 Å². The predicted molar refractivity (Wildman–Crippen MR) is 117 cm³/mol. The number of nitrogens with one attached hydrogen (secondary N) is 1. The number of nitrogens with two attached hydrogens (primary N) is 1. The summed E-state index contributed by atoms with van der Waals surface area (Å²) >= 11 is 1.11. The van der Waals surface area contributed by atoms with Gasteiger partial charge < -0.3 is 20.4 Å². The molecule has 0 spiro atoms. The standard InChI is InChI=1S/C21H28N4O4S/c1-14(2)11-16(20(28)29-3)23-19(27)13-30-21-24-18(26)12-17(22)25(21)10-9-15-7-5-4-6-8-15/h4-8,12,14,16H,9-11,13,22H2,1-3H3,(H,23,27)/t16-/m1/s1. The lowest BCUT2D eigenvalue weighted by atomic mass is 10.0. The molecule has 0 aliphatic heterocycles. The van der Waals surface area contributed by atoms with Gasteiger partial charge in [-0.3, -0.25) is 9.59 Å². The molecule has 0 saturated heterocycles. The molecule has 0 bridgehead atoms. The number of thioether (sulfide) groups is 1. The van der Waals surface area contributed by atoms with E-state index in [2.05, 4.69) is 10.3 Å². The highest BCUT2D eigenvalue weighted by atomic mass is 32.2. The minimum absolute atomic E-state index is 0.00712. The Morgan fingerprint density at radius 3 is 2.60 bits per heavy atom. The van der Waals surface area contributed by atoms with Crippen LogP contribution in [0.3, 0.4) is 0 Å². The Kier molecular flexibility index (Phi) is 8.91. The van der Waals surface area contributed by atoms with Crippen molar-refractivity contribution in [2.45, 2.75) is 44.4 Å².